The van der Waals surface area contributed by atoms with Crippen LogP contribution >= 0.6 is 0 Å². The Hall–Kier alpha value is -2.41. The highest BCUT2D eigenvalue weighted by Gasteiger charge is 2.20. The van der Waals surface area contributed by atoms with Crippen molar-refractivity contribution in [1.29, 1.82) is 0 Å². The SMILES string of the molecule is COc1cc(C(C)=O)ccc1OC[C@@H](O)CN1CCN(Cc2ccccc2)CC1. The van der Waals surface area contributed by atoms with Crippen molar-refractivity contribution < 1.29 is 19.4 Å². The summed E-state index contributed by atoms with van der Waals surface area (Å²) < 4.78 is 11.0. The second kappa shape index (κ2) is 10.4. The maximum atomic E-state index is 11.5. The van der Waals surface area contributed by atoms with Gasteiger partial charge in [-0.25, -0.2) is 0 Å². The van der Waals surface area contributed by atoms with Gasteiger partial charge in [0.1, 0.15) is 12.7 Å². The highest BCUT2D eigenvalue weighted by Crippen LogP contribution is 2.28. The summed E-state index contributed by atoms with van der Waals surface area (Å²) in [7, 11) is 1.54. The summed E-state index contributed by atoms with van der Waals surface area (Å²) in [4.78, 5) is 16.2. The number of aliphatic hydroxyl groups is 1. The lowest BCUT2D eigenvalue weighted by molar-refractivity contribution is 0.0440. The van der Waals surface area contributed by atoms with E-state index in [0.29, 0.717) is 23.6 Å². The number of Topliss-reactive ketones (excluding diaryl/α,β-unsaturated/α-hetero) is 1. The lowest BCUT2D eigenvalue weighted by atomic mass is 10.1. The number of rotatable bonds is 9. The fraction of sp³-hybridized carbons (Fsp3) is 0.435. The number of piperazine rings is 1. The largest absolute Gasteiger partial charge is 0.493 e. The second-order valence-electron chi connectivity index (χ2n) is 7.45. The van der Waals surface area contributed by atoms with Crippen LogP contribution in [0, 0.1) is 0 Å². The van der Waals surface area contributed by atoms with Gasteiger partial charge in [-0.2, -0.15) is 0 Å². The van der Waals surface area contributed by atoms with E-state index in [1.54, 1.807) is 18.2 Å². The summed E-state index contributed by atoms with van der Waals surface area (Å²) >= 11 is 0. The minimum absolute atomic E-state index is 0.0266. The van der Waals surface area contributed by atoms with E-state index in [1.807, 2.05) is 6.07 Å². The summed E-state index contributed by atoms with van der Waals surface area (Å²) in [5.74, 6) is 1.00. The van der Waals surface area contributed by atoms with Gasteiger partial charge in [0.05, 0.1) is 7.11 Å². The Balaban J connectivity index is 1.42. The third-order valence-corrected chi connectivity index (χ3v) is 5.18. The predicted octanol–water partition coefficient (Wildman–Crippen LogP) is 2.46. The van der Waals surface area contributed by atoms with Crippen molar-refractivity contribution in [1.82, 2.24) is 9.80 Å². The Morgan fingerprint density at radius 1 is 1.03 bits per heavy atom. The molecule has 156 valence electrons. The number of aliphatic hydroxyl groups excluding tert-OH is 1. The van der Waals surface area contributed by atoms with Gasteiger partial charge >= 0.3 is 0 Å². The molecule has 0 aliphatic carbocycles. The molecular formula is C23H30N2O4. The maximum absolute atomic E-state index is 11.5. The number of carbonyl (C=O) groups is 1. The fourth-order valence-electron chi connectivity index (χ4n) is 3.51. The van der Waals surface area contributed by atoms with E-state index in [-0.39, 0.29) is 12.4 Å². The molecule has 1 atom stereocenters. The van der Waals surface area contributed by atoms with Gasteiger partial charge in [-0.15, -0.1) is 0 Å². The van der Waals surface area contributed by atoms with E-state index in [2.05, 4.69) is 34.1 Å². The number of nitrogens with zero attached hydrogens (tertiary/aromatic N) is 2. The molecule has 6 nitrogen and oxygen atoms in total. The van der Waals surface area contributed by atoms with Crippen LogP contribution in [-0.2, 0) is 6.54 Å². The molecule has 0 bridgehead atoms. The molecule has 1 aliphatic heterocycles. The first-order chi connectivity index (χ1) is 14.0. The number of hydrogen-bond donors (Lipinski definition) is 1. The van der Waals surface area contributed by atoms with Crippen molar-refractivity contribution in [2.75, 3.05) is 46.4 Å². The number of carbonyl (C=O) groups excluding carboxylic acids is 1. The van der Waals surface area contributed by atoms with E-state index in [0.717, 1.165) is 32.7 Å². The monoisotopic (exact) mass is 398 g/mol. The zero-order valence-electron chi connectivity index (χ0n) is 17.2. The number of methoxy groups -OCH3 is 1. The first-order valence-electron chi connectivity index (χ1n) is 10.0. The zero-order chi connectivity index (χ0) is 20.6. The Morgan fingerprint density at radius 3 is 2.38 bits per heavy atom. The van der Waals surface area contributed by atoms with Crippen LogP contribution in [0.1, 0.15) is 22.8 Å². The Morgan fingerprint density at radius 2 is 1.72 bits per heavy atom. The van der Waals surface area contributed by atoms with Crippen LogP contribution in [0.5, 0.6) is 11.5 Å². The number of hydrogen-bond acceptors (Lipinski definition) is 6. The van der Waals surface area contributed by atoms with Crippen LogP contribution in [0.15, 0.2) is 48.5 Å². The van der Waals surface area contributed by atoms with Gasteiger partial charge in [-0.05, 0) is 30.7 Å². The predicted molar refractivity (Wildman–Crippen MR) is 113 cm³/mol. The molecule has 2 aromatic carbocycles. The maximum Gasteiger partial charge on any atom is 0.161 e. The highest BCUT2D eigenvalue weighted by atomic mass is 16.5. The summed E-state index contributed by atoms with van der Waals surface area (Å²) in [5, 5.41) is 10.4. The van der Waals surface area contributed by atoms with E-state index in [4.69, 9.17) is 9.47 Å². The van der Waals surface area contributed by atoms with E-state index >= 15 is 0 Å². The van der Waals surface area contributed by atoms with Crippen LogP contribution in [0.3, 0.4) is 0 Å². The topological polar surface area (TPSA) is 62.2 Å². The molecule has 1 aliphatic rings. The third-order valence-electron chi connectivity index (χ3n) is 5.18. The molecule has 1 saturated heterocycles. The molecule has 0 saturated carbocycles. The van der Waals surface area contributed by atoms with Crippen molar-refractivity contribution in [2.45, 2.75) is 19.6 Å². The molecule has 0 spiro atoms. The minimum atomic E-state index is -0.590. The molecule has 2 aromatic rings. The van der Waals surface area contributed by atoms with Gasteiger partial charge < -0.3 is 14.6 Å². The fourth-order valence-corrected chi connectivity index (χ4v) is 3.51. The molecule has 0 unspecified atom stereocenters. The molecule has 0 radical (unpaired) electrons. The number of ether oxygens (including phenoxy) is 2. The Bertz CT molecular complexity index is 789. The molecule has 6 heteroatoms. The van der Waals surface area contributed by atoms with E-state index in [1.165, 1.54) is 19.6 Å². The van der Waals surface area contributed by atoms with Crippen LogP contribution in [0.25, 0.3) is 0 Å². The van der Waals surface area contributed by atoms with Gasteiger partial charge in [-0.1, -0.05) is 30.3 Å². The zero-order valence-corrected chi connectivity index (χ0v) is 17.2. The molecule has 1 fully saturated rings. The summed E-state index contributed by atoms with van der Waals surface area (Å²) in [6, 6.07) is 15.6. The molecule has 3 rings (SSSR count). The van der Waals surface area contributed by atoms with Crippen molar-refractivity contribution in [3.8, 4) is 11.5 Å². The lowest BCUT2D eigenvalue weighted by Crippen LogP contribution is -2.48. The Labute approximate surface area is 172 Å². The van der Waals surface area contributed by atoms with Crippen molar-refractivity contribution in [3.63, 3.8) is 0 Å². The van der Waals surface area contributed by atoms with Crippen molar-refractivity contribution in [3.05, 3.63) is 59.7 Å². The molecular weight excluding hydrogens is 368 g/mol. The number of benzene rings is 2. The average Bonchev–Trinajstić information content (AvgIpc) is 2.74. The van der Waals surface area contributed by atoms with Gasteiger partial charge in [0.25, 0.3) is 0 Å². The molecule has 0 aromatic heterocycles. The molecule has 1 N–H and O–H groups in total. The molecule has 0 amide bonds. The normalized spacial score (nSPS) is 16.4. The van der Waals surface area contributed by atoms with Gasteiger partial charge in [-0.3, -0.25) is 14.6 Å². The number of β-amino-alcohol motifs (C(OH)–C–C–N with tert-alkyl or cyclic N) is 1. The van der Waals surface area contributed by atoms with E-state index in [9.17, 15) is 9.90 Å². The first kappa shape index (κ1) is 21.3. The van der Waals surface area contributed by atoms with Gasteiger partial charge in [0, 0.05) is 44.8 Å². The first-order valence-corrected chi connectivity index (χ1v) is 10.0. The van der Waals surface area contributed by atoms with Crippen molar-refractivity contribution in [2.24, 2.45) is 0 Å². The van der Waals surface area contributed by atoms with Crippen molar-refractivity contribution >= 4 is 5.78 Å². The lowest BCUT2D eigenvalue weighted by Gasteiger charge is -2.35. The average molecular weight is 399 g/mol. The van der Waals surface area contributed by atoms with E-state index < -0.39 is 6.10 Å². The minimum Gasteiger partial charge on any atom is -0.493 e. The quantitative estimate of drug-likeness (QED) is 0.655. The summed E-state index contributed by atoms with van der Waals surface area (Å²) in [6.07, 6.45) is -0.590. The summed E-state index contributed by atoms with van der Waals surface area (Å²) in [5.41, 5.74) is 1.90. The standard InChI is InChI=1S/C23H30N2O4/c1-18(26)20-8-9-22(23(14-20)28-2)29-17-21(27)16-25-12-10-24(11-13-25)15-19-6-4-3-5-7-19/h3-9,14,21,27H,10-13,15-17H2,1-2H3/t21-/m0/s1. The Kier molecular flexibility index (Phi) is 7.63. The van der Waals surface area contributed by atoms with Crippen LogP contribution in [-0.4, -0.2) is 73.2 Å². The molecule has 29 heavy (non-hydrogen) atoms. The van der Waals surface area contributed by atoms with Gasteiger partial charge in [0.15, 0.2) is 17.3 Å². The third kappa shape index (κ3) is 6.29. The number of ketones is 1. The van der Waals surface area contributed by atoms with Crippen LogP contribution in [0.4, 0.5) is 0 Å². The van der Waals surface area contributed by atoms with Gasteiger partial charge in [0.2, 0.25) is 0 Å². The molecule has 1 heterocycles. The van der Waals surface area contributed by atoms with Crippen LogP contribution in [0.2, 0.25) is 0 Å². The smallest absolute Gasteiger partial charge is 0.161 e. The summed E-state index contributed by atoms with van der Waals surface area (Å²) in [6.45, 7) is 7.08. The van der Waals surface area contributed by atoms with Crippen LogP contribution < -0.4 is 9.47 Å². The second-order valence-corrected chi connectivity index (χ2v) is 7.45. The highest BCUT2D eigenvalue weighted by molar-refractivity contribution is 5.94.